The minimum Gasteiger partial charge on any atom is -0.382 e. The summed E-state index contributed by atoms with van der Waals surface area (Å²) in [6, 6.07) is 0. The molecule has 5 heteroatoms. The summed E-state index contributed by atoms with van der Waals surface area (Å²) in [5.74, 6) is -0.284. The summed E-state index contributed by atoms with van der Waals surface area (Å²) in [6.45, 7) is 5.85. The van der Waals surface area contributed by atoms with Gasteiger partial charge in [-0.15, -0.1) is 0 Å². The number of primary amides is 1. The van der Waals surface area contributed by atoms with Gasteiger partial charge in [-0.3, -0.25) is 9.69 Å². The minimum atomic E-state index is -0.628. The van der Waals surface area contributed by atoms with Gasteiger partial charge in [0.2, 0.25) is 5.91 Å². The van der Waals surface area contributed by atoms with E-state index in [1.165, 1.54) is 0 Å². The first-order valence-corrected chi connectivity index (χ1v) is 5.42. The fourth-order valence-corrected chi connectivity index (χ4v) is 2.15. The number of hydrogen-bond acceptors (Lipinski definition) is 4. The summed E-state index contributed by atoms with van der Waals surface area (Å²) < 4.78 is 5.15. The maximum atomic E-state index is 11.6. The molecule has 1 amide bonds. The molecule has 0 spiro atoms. The van der Waals surface area contributed by atoms with Crippen LogP contribution in [0, 0.1) is 0 Å². The molecule has 1 aliphatic rings. The lowest BCUT2D eigenvalue weighted by Crippen LogP contribution is -2.64. The Labute approximate surface area is 90.9 Å². The van der Waals surface area contributed by atoms with Crippen molar-refractivity contribution >= 4 is 5.91 Å². The highest BCUT2D eigenvalue weighted by molar-refractivity contribution is 5.84. The minimum absolute atomic E-state index is 0.284. The molecule has 1 aliphatic heterocycles. The van der Waals surface area contributed by atoms with Gasteiger partial charge in [0.15, 0.2) is 0 Å². The summed E-state index contributed by atoms with van der Waals surface area (Å²) in [7, 11) is 1.61. The topological polar surface area (TPSA) is 67.6 Å². The third-order valence-corrected chi connectivity index (χ3v) is 3.15. The van der Waals surface area contributed by atoms with Gasteiger partial charge in [0, 0.05) is 33.3 Å². The van der Waals surface area contributed by atoms with Crippen LogP contribution in [0.25, 0.3) is 0 Å². The summed E-state index contributed by atoms with van der Waals surface area (Å²) in [5, 5.41) is 3.26. The van der Waals surface area contributed by atoms with Gasteiger partial charge in [-0.2, -0.15) is 0 Å². The van der Waals surface area contributed by atoms with Crippen molar-refractivity contribution in [2.45, 2.75) is 18.9 Å². The number of hydrogen-bond donors (Lipinski definition) is 2. The van der Waals surface area contributed by atoms with Crippen LogP contribution in [0.4, 0.5) is 0 Å². The number of amides is 1. The number of piperazine rings is 1. The quantitative estimate of drug-likeness (QED) is 0.628. The summed E-state index contributed by atoms with van der Waals surface area (Å²) in [5.41, 5.74) is 4.89. The van der Waals surface area contributed by atoms with Crippen LogP contribution in [-0.4, -0.2) is 56.2 Å². The molecule has 0 aromatic heterocycles. The molecule has 3 N–H and O–H groups in total. The van der Waals surface area contributed by atoms with Crippen LogP contribution in [0.2, 0.25) is 0 Å². The molecule has 0 aliphatic carbocycles. The van der Waals surface area contributed by atoms with Gasteiger partial charge in [-0.05, 0) is 6.42 Å². The van der Waals surface area contributed by atoms with E-state index in [0.29, 0.717) is 13.0 Å². The standard InChI is InChI=1S/C10H21N3O2/c1-3-10(8-15-2,9(11)14)13-6-4-12-5-7-13/h12H,3-8H2,1-2H3,(H2,11,14). The lowest BCUT2D eigenvalue weighted by Gasteiger charge is -2.42. The maximum Gasteiger partial charge on any atom is 0.240 e. The van der Waals surface area contributed by atoms with Crippen LogP contribution in [0.3, 0.4) is 0 Å². The lowest BCUT2D eigenvalue weighted by atomic mass is 9.93. The highest BCUT2D eigenvalue weighted by Crippen LogP contribution is 2.20. The smallest absolute Gasteiger partial charge is 0.240 e. The molecule has 5 nitrogen and oxygen atoms in total. The molecule has 1 heterocycles. The molecule has 1 atom stereocenters. The van der Waals surface area contributed by atoms with E-state index in [1.807, 2.05) is 6.92 Å². The van der Waals surface area contributed by atoms with E-state index in [0.717, 1.165) is 26.2 Å². The van der Waals surface area contributed by atoms with E-state index >= 15 is 0 Å². The molecule has 88 valence electrons. The Kier molecular flexibility index (Phi) is 4.50. The van der Waals surface area contributed by atoms with E-state index in [2.05, 4.69) is 10.2 Å². The molecule has 1 saturated heterocycles. The SMILES string of the molecule is CCC(COC)(C(N)=O)N1CCNCC1. The highest BCUT2D eigenvalue weighted by atomic mass is 16.5. The number of rotatable bonds is 5. The summed E-state index contributed by atoms with van der Waals surface area (Å²) >= 11 is 0. The number of nitrogens with two attached hydrogens (primary N) is 1. The van der Waals surface area contributed by atoms with E-state index in [4.69, 9.17) is 10.5 Å². The number of carbonyl (C=O) groups excluding carboxylic acids is 1. The molecule has 0 radical (unpaired) electrons. The monoisotopic (exact) mass is 215 g/mol. The van der Waals surface area contributed by atoms with Crippen molar-refractivity contribution in [1.29, 1.82) is 0 Å². The predicted molar refractivity (Wildman–Crippen MR) is 58.5 cm³/mol. The second-order valence-electron chi connectivity index (χ2n) is 3.92. The second kappa shape index (κ2) is 5.44. The third-order valence-electron chi connectivity index (χ3n) is 3.15. The first-order chi connectivity index (χ1) is 7.17. The summed E-state index contributed by atoms with van der Waals surface area (Å²) in [4.78, 5) is 13.8. The first kappa shape index (κ1) is 12.4. The number of nitrogens with one attached hydrogen (secondary N) is 1. The zero-order valence-electron chi connectivity index (χ0n) is 9.58. The average Bonchev–Trinajstić information content (AvgIpc) is 2.26. The van der Waals surface area contributed by atoms with Crippen LogP contribution >= 0.6 is 0 Å². The Bertz CT molecular complexity index is 217. The molecule has 1 fully saturated rings. The van der Waals surface area contributed by atoms with Gasteiger partial charge < -0.3 is 15.8 Å². The van der Waals surface area contributed by atoms with Crippen LogP contribution in [0.15, 0.2) is 0 Å². The Morgan fingerprint density at radius 3 is 2.53 bits per heavy atom. The van der Waals surface area contributed by atoms with Crippen molar-refractivity contribution in [2.75, 3.05) is 39.9 Å². The first-order valence-electron chi connectivity index (χ1n) is 5.42. The van der Waals surface area contributed by atoms with Gasteiger partial charge in [-0.25, -0.2) is 0 Å². The lowest BCUT2D eigenvalue weighted by molar-refractivity contribution is -0.135. The Morgan fingerprint density at radius 1 is 1.53 bits per heavy atom. The number of carbonyl (C=O) groups is 1. The Morgan fingerprint density at radius 2 is 2.13 bits per heavy atom. The van der Waals surface area contributed by atoms with Crippen molar-refractivity contribution in [3.05, 3.63) is 0 Å². The predicted octanol–water partition coefficient (Wildman–Crippen LogP) is -0.828. The molecule has 0 aromatic carbocycles. The van der Waals surface area contributed by atoms with E-state index in [-0.39, 0.29) is 5.91 Å². The Balaban J connectivity index is 2.80. The third kappa shape index (κ3) is 2.48. The molecule has 0 aromatic rings. The zero-order valence-corrected chi connectivity index (χ0v) is 9.58. The van der Waals surface area contributed by atoms with E-state index in [1.54, 1.807) is 7.11 Å². The van der Waals surface area contributed by atoms with Crippen molar-refractivity contribution in [3.63, 3.8) is 0 Å². The number of ether oxygens (including phenoxy) is 1. The molecule has 1 rings (SSSR count). The van der Waals surface area contributed by atoms with Crippen LogP contribution < -0.4 is 11.1 Å². The molecular formula is C10H21N3O2. The zero-order chi connectivity index (χ0) is 11.3. The second-order valence-corrected chi connectivity index (χ2v) is 3.92. The fourth-order valence-electron chi connectivity index (χ4n) is 2.15. The number of methoxy groups -OCH3 is 1. The van der Waals surface area contributed by atoms with Gasteiger partial charge in [0.05, 0.1) is 6.61 Å². The largest absolute Gasteiger partial charge is 0.382 e. The molecule has 1 unspecified atom stereocenters. The van der Waals surface area contributed by atoms with Gasteiger partial charge in [0.25, 0.3) is 0 Å². The molecule has 0 bridgehead atoms. The van der Waals surface area contributed by atoms with Crippen LogP contribution in [0.5, 0.6) is 0 Å². The Hall–Kier alpha value is -0.650. The molecule has 0 saturated carbocycles. The van der Waals surface area contributed by atoms with Crippen molar-refractivity contribution in [2.24, 2.45) is 5.73 Å². The van der Waals surface area contributed by atoms with Crippen LogP contribution in [0.1, 0.15) is 13.3 Å². The molecular weight excluding hydrogens is 194 g/mol. The normalized spacial score (nSPS) is 22.3. The molecule has 15 heavy (non-hydrogen) atoms. The van der Waals surface area contributed by atoms with E-state index < -0.39 is 5.54 Å². The fraction of sp³-hybridized carbons (Fsp3) is 0.900. The van der Waals surface area contributed by atoms with Crippen LogP contribution in [-0.2, 0) is 9.53 Å². The van der Waals surface area contributed by atoms with Gasteiger partial charge >= 0.3 is 0 Å². The number of nitrogens with zero attached hydrogens (tertiary/aromatic N) is 1. The average molecular weight is 215 g/mol. The van der Waals surface area contributed by atoms with Crippen molar-refractivity contribution in [3.8, 4) is 0 Å². The van der Waals surface area contributed by atoms with Gasteiger partial charge in [-0.1, -0.05) is 6.92 Å². The van der Waals surface area contributed by atoms with Gasteiger partial charge in [0.1, 0.15) is 5.54 Å². The van der Waals surface area contributed by atoms with E-state index in [9.17, 15) is 4.79 Å². The summed E-state index contributed by atoms with van der Waals surface area (Å²) in [6.07, 6.45) is 0.691. The highest BCUT2D eigenvalue weighted by Gasteiger charge is 2.41. The van der Waals surface area contributed by atoms with Crippen molar-refractivity contribution < 1.29 is 9.53 Å². The van der Waals surface area contributed by atoms with Crippen molar-refractivity contribution in [1.82, 2.24) is 10.2 Å². The maximum absolute atomic E-state index is 11.6.